The fourth-order valence-electron chi connectivity index (χ4n) is 1.50. The molecule has 0 N–H and O–H groups in total. The van der Waals surface area contributed by atoms with Gasteiger partial charge in [0, 0.05) is 10.7 Å². The average molecular weight is 246 g/mol. The van der Waals surface area contributed by atoms with Crippen LogP contribution in [0.25, 0.3) is 0 Å². The Balaban J connectivity index is 2.23. The predicted octanol–water partition coefficient (Wildman–Crippen LogP) is 1.63. The second kappa shape index (κ2) is 4.74. The van der Waals surface area contributed by atoms with Gasteiger partial charge in [0.1, 0.15) is 6.04 Å². The molecule has 2 rings (SSSR count). The highest BCUT2D eigenvalue weighted by Crippen LogP contribution is 2.14. The standard InChI is InChI=1S/C11H10N4O3/c1-8(10(16)9-5-3-2-4-6-9)14-7-12-11(13-14)15(17)18/h2-8H,1H3. The van der Waals surface area contributed by atoms with Crippen LogP contribution in [0.4, 0.5) is 5.95 Å². The average Bonchev–Trinajstić information content (AvgIpc) is 2.88. The van der Waals surface area contributed by atoms with Crippen molar-refractivity contribution in [3.63, 3.8) is 0 Å². The van der Waals surface area contributed by atoms with E-state index in [0.29, 0.717) is 5.56 Å². The molecule has 0 amide bonds. The van der Waals surface area contributed by atoms with Gasteiger partial charge in [0.05, 0.1) is 0 Å². The van der Waals surface area contributed by atoms with E-state index in [0.717, 1.165) is 0 Å². The molecule has 2 aromatic rings. The van der Waals surface area contributed by atoms with Crippen molar-refractivity contribution in [2.24, 2.45) is 0 Å². The van der Waals surface area contributed by atoms with E-state index < -0.39 is 16.9 Å². The number of nitrogens with zero attached hydrogens (tertiary/aromatic N) is 4. The van der Waals surface area contributed by atoms with E-state index in [9.17, 15) is 14.9 Å². The molecule has 0 fully saturated rings. The summed E-state index contributed by atoms with van der Waals surface area (Å²) in [7, 11) is 0. The van der Waals surface area contributed by atoms with Crippen LogP contribution in [-0.2, 0) is 0 Å². The summed E-state index contributed by atoms with van der Waals surface area (Å²) in [6.45, 7) is 1.62. The maximum absolute atomic E-state index is 12.1. The molecule has 0 saturated carbocycles. The molecule has 1 atom stereocenters. The van der Waals surface area contributed by atoms with Crippen molar-refractivity contribution in [2.45, 2.75) is 13.0 Å². The quantitative estimate of drug-likeness (QED) is 0.464. The van der Waals surface area contributed by atoms with Crippen molar-refractivity contribution in [2.75, 3.05) is 0 Å². The van der Waals surface area contributed by atoms with Crippen LogP contribution < -0.4 is 0 Å². The zero-order chi connectivity index (χ0) is 13.1. The van der Waals surface area contributed by atoms with E-state index in [1.165, 1.54) is 11.0 Å². The Bertz CT molecular complexity index is 579. The molecule has 0 spiro atoms. The van der Waals surface area contributed by atoms with Crippen LogP contribution in [0.5, 0.6) is 0 Å². The maximum atomic E-state index is 12.1. The van der Waals surface area contributed by atoms with Crippen LogP contribution >= 0.6 is 0 Å². The molecule has 0 bridgehead atoms. The lowest BCUT2D eigenvalue weighted by Crippen LogP contribution is -2.17. The van der Waals surface area contributed by atoms with Gasteiger partial charge in [-0.15, -0.1) is 0 Å². The summed E-state index contributed by atoms with van der Waals surface area (Å²) in [6, 6.07) is 8.05. The number of Topliss-reactive ketones (excluding diaryl/α,β-unsaturated/α-hetero) is 1. The number of hydrogen-bond acceptors (Lipinski definition) is 5. The molecule has 0 aliphatic rings. The van der Waals surface area contributed by atoms with Gasteiger partial charge in [-0.05, 0) is 11.8 Å². The monoisotopic (exact) mass is 246 g/mol. The summed E-state index contributed by atoms with van der Waals surface area (Å²) in [5.74, 6) is -0.682. The SMILES string of the molecule is CC(C(=O)c1ccccc1)n1cnc([N+](=O)[O-])n1. The van der Waals surface area contributed by atoms with Gasteiger partial charge in [-0.2, -0.15) is 4.68 Å². The third kappa shape index (κ3) is 2.24. The van der Waals surface area contributed by atoms with Crippen molar-refractivity contribution in [3.8, 4) is 0 Å². The fraction of sp³-hybridized carbons (Fsp3) is 0.182. The van der Waals surface area contributed by atoms with Gasteiger partial charge in [-0.25, -0.2) is 0 Å². The number of benzene rings is 1. The Hall–Kier alpha value is -2.57. The normalized spacial score (nSPS) is 12.1. The van der Waals surface area contributed by atoms with Crippen molar-refractivity contribution in [3.05, 3.63) is 52.3 Å². The lowest BCUT2D eigenvalue weighted by Gasteiger charge is -2.06. The molecule has 1 aromatic carbocycles. The van der Waals surface area contributed by atoms with E-state index in [2.05, 4.69) is 10.1 Å². The Morgan fingerprint density at radius 2 is 2.06 bits per heavy atom. The molecule has 92 valence electrons. The molecule has 0 aliphatic heterocycles. The molecule has 1 unspecified atom stereocenters. The van der Waals surface area contributed by atoms with Gasteiger partial charge in [-0.3, -0.25) is 4.79 Å². The number of hydrogen-bond donors (Lipinski definition) is 0. The van der Waals surface area contributed by atoms with Gasteiger partial charge >= 0.3 is 5.95 Å². The first-order valence-corrected chi connectivity index (χ1v) is 5.24. The number of carbonyl (C=O) groups excluding carboxylic acids is 1. The molecule has 0 radical (unpaired) electrons. The Kier molecular flexibility index (Phi) is 3.13. The van der Waals surface area contributed by atoms with E-state index in [1.807, 2.05) is 6.07 Å². The molecule has 18 heavy (non-hydrogen) atoms. The highest BCUT2D eigenvalue weighted by molar-refractivity contribution is 5.98. The first kappa shape index (κ1) is 11.9. The van der Waals surface area contributed by atoms with Crippen molar-refractivity contribution in [1.82, 2.24) is 14.8 Å². The molecule has 7 heteroatoms. The van der Waals surface area contributed by atoms with Crippen molar-refractivity contribution in [1.29, 1.82) is 0 Å². The number of rotatable bonds is 4. The summed E-state index contributed by atoms with van der Waals surface area (Å²) >= 11 is 0. The summed E-state index contributed by atoms with van der Waals surface area (Å²) in [5, 5.41) is 14.1. The Morgan fingerprint density at radius 3 is 2.61 bits per heavy atom. The molecule has 0 aliphatic carbocycles. The third-order valence-electron chi connectivity index (χ3n) is 2.49. The predicted molar refractivity (Wildman–Crippen MR) is 62.2 cm³/mol. The number of aromatic nitrogens is 3. The Morgan fingerprint density at radius 1 is 1.39 bits per heavy atom. The van der Waals surface area contributed by atoms with Gasteiger partial charge in [0.15, 0.2) is 5.78 Å². The molecular formula is C11H10N4O3. The van der Waals surface area contributed by atoms with Crippen LogP contribution in [0.15, 0.2) is 36.7 Å². The van der Waals surface area contributed by atoms with E-state index in [1.54, 1.807) is 31.2 Å². The fourth-order valence-corrected chi connectivity index (χ4v) is 1.50. The van der Waals surface area contributed by atoms with E-state index in [-0.39, 0.29) is 5.78 Å². The number of nitro groups is 1. The topological polar surface area (TPSA) is 90.9 Å². The largest absolute Gasteiger partial charge is 0.490 e. The van der Waals surface area contributed by atoms with Gasteiger partial charge < -0.3 is 10.1 Å². The lowest BCUT2D eigenvalue weighted by atomic mass is 10.1. The first-order valence-electron chi connectivity index (χ1n) is 5.24. The lowest BCUT2D eigenvalue weighted by molar-refractivity contribution is -0.394. The highest BCUT2D eigenvalue weighted by Gasteiger charge is 2.23. The van der Waals surface area contributed by atoms with E-state index in [4.69, 9.17) is 0 Å². The highest BCUT2D eigenvalue weighted by atomic mass is 16.6. The first-order chi connectivity index (χ1) is 8.59. The minimum Gasteiger partial charge on any atom is -0.390 e. The van der Waals surface area contributed by atoms with Crippen LogP contribution in [0.3, 0.4) is 0 Å². The summed E-state index contributed by atoms with van der Waals surface area (Å²) in [4.78, 5) is 25.3. The van der Waals surface area contributed by atoms with Crippen LogP contribution in [-0.4, -0.2) is 25.5 Å². The zero-order valence-corrected chi connectivity index (χ0v) is 9.56. The van der Waals surface area contributed by atoms with Crippen molar-refractivity contribution >= 4 is 11.7 Å². The Labute approximate surface area is 102 Å². The smallest absolute Gasteiger partial charge is 0.390 e. The van der Waals surface area contributed by atoms with Crippen LogP contribution in [0, 0.1) is 10.1 Å². The van der Waals surface area contributed by atoms with Gasteiger partial charge in [-0.1, -0.05) is 35.3 Å². The molecule has 1 heterocycles. The second-order valence-corrected chi connectivity index (χ2v) is 3.69. The van der Waals surface area contributed by atoms with Gasteiger partial charge in [0.25, 0.3) is 0 Å². The van der Waals surface area contributed by atoms with Crippen LogP contribution in [0.1, 0.15) is 23.3 Å². The minimum atomic E-state index is -0.698. The molecular weight excluding hydrogens is 236 g/mol. The summed E-state index contributed by atoms with van der Waals surface area (Å²) in [5.41, 5.74) is 0.531. The second-order valence-electron chi connectivity index (χ2n) is 3.69. The zero-order valence-electron chi connectivity index (χ0n) is 9.56. The summed E-state index contributed by atoms with van der Waals surface area (Å²) < 4.78 is 1.19. The minimum absolute atomic E-state index is 0.171. The van der Waals surface area contributed by atoms with Gasteiger partial charge in [0.2, 0.25) is 6.33 Å². The van der Waals surface area contributed by atoms with Crippen LogP contribution in [0.2, 0.25) is 0 Å². The maximum Gasteiger partial charge on any atom is 0.490 e. The number of ketones is 1. The third-order valence-corrected chi connectivity index (χ3v) is 2.49. The number of carbonyl (C=O) groups is 1. The summed E-state index contributed by atoms with van der Waals surface area (Å²) in [6.07, 6.45) is 1.18. The molecule has 7 nitrogen and oxygen atoms in total. The van der Waals surface area contributed by atoms with E-state index >= 15 is 0 Å². The molecule has 1 aromatic heterocycles. The van der Waals surface area contributed by atoms with Crippen molar-refractivity contribution < 1.29 is 9.72 Å². The molecule has 0 saturated heterocycles.